The molecule has 0 atom stereocenters. The summed E-state index contributed by atoms with van der Waals surface area (Å²) in [6.07, 6.45) is 7.43. The summed E-state index contributed by atoms with van der Waals surface area (Å²) < 4.78 is 2.11. The van der Waals surface area contributed by atoms with Crippen LogP contribution in [0.15, 0.2) is 42.9 Å². The number of aryl methyl sites for hydroxylation is 4. The van der Waals surface area contributed by atoms with Crippen LogP contribution in [0.3, 0.4) is 0 Å². The third kappa shape index (κ3) is 2.34. The van der Waals surface area contributed by atoms with Crippen LogP contribution in [-0.2, 0) is 12.8 Å². The van der Waals surface area contributed by atoms with Crippen molar-refractivity contribution < 1.29 is 0 Å². The van der Waals surface area contributed by atoms with Crippen molar-refractivity contribution >= 4 is 27.6 Å². The van der Waals surface area contributed by atoms with E-state index in [0.29, 0.717) is 0 Å². The summed E-state index contributed by atoms with van der Waals surface area (Å²) in [5.41, 5.74) is 7.02. The quantitative estimate of drug-likeness (QED) is 0.544. The van der Waals surface area contributed by atoms with E-state index in [1.165, 1.54) is 0 Å². The average molecular weight is 342 g/mol. The molecule has 0 unspecified atom stereocenters. The van der Waals surface area contributed by atoms with E-state index in [2.05, 4.69) is 31.6 Å². The highest BCUT2D eigenvalue weighted by Crippen LogP contribution is 2.22. The maximum Gasteiger partial charge on any atom is 0.158 e. The number of nitrogens with zero attached hydrogens (tertiary/aromatic N) is 5. The van der Waals surface area contributed by atoms with E-state index >= 15 is 0 Å². The SMILES string of the molecule is Cc1ncc(C)n2cc(CCc3nc4c(ccc5ncccc54)[nH]3)nc12. The third-order valence-electron chi connectivity index (χ3n) is 4.80. The molecule has 6 heteroatoms. The molecule has 0 bridgehead atoms. The second kappa shape index (κ2) is 5.62. The van der Waals surface area contributed by atoms with E-state index in [0.717, 1.165) is 63.3 Å². The largest absolute Gasteiger partial charge is 0.342 e. The third-order valence-corrected chi connectivity index (χ3v) is 4.80. The second-order valence-electron chi connectivity index (χ2n) is 6.63. The number of rotatable bonds is 3. The fourth-order valence-electron chi connectivity index (χ4n) is 3.43. The van der Waals surface area contributed by atoms with Crippen molar-refractivity contribution in [1.82, 2.24) is 29.3 Å². The summed E-state index contributed by atoms with van der Waals surface area (Å²) in [6.45, 7) is 4.03. The molecule has 0 saturated heterocycles. The van der Waals surface area contributed by atoms with Crippen LogP contribution in [0, 0.1) is 13.8 Å². The Labute approximate surface area is 150 Å². The van der Waals surface area contributed by atoms with E-state index < -0.39 is 0 Å². The summed E-state index contributed by atoms with van der Waals surface area (Å²) in [7, 11) is 0. The van der Waals surface area contributed by atoms with Crippen LogP contribution in [0.25, 0.3) is 27.6 Å². The van der Waals surface area contributed by atoms with Gasteiger partial charge in [0.1, 0.15) is 5.82 Å². The van der Waals surface area contributed by atoms with Crippen LogP contribution in [-0.4, -0.2) is 29.3 Å². The smallest absolute Gasteiger partial charge is 0.158 e. The Morgan fingerprint density at radius 3 is 2.85 bits per heavy atom. The van der Waals surface area contributed by atoms with Crippen LogP contribution in [0.1, 0.15) is 22.9 Å². The van der Waals surface area contributed by atoms with Crippen molar-refractivity contribution in [3.8, 4) is 0 Å². The molecule has 0 radical (unpaired) electrons. The molecule has 0 aliphatic carbocycles. The lowest BCUT2D eigenvalue weighted by atomic mass is 10.2. The normalized spacial score (nSPS) is 11.8. The number of hydrogen-bond donors (Lipinski definition) is 1. The van der Waals surface area contributed by atoms with Gasteiger partial charge in [0, 0.05) is 36.1 Å². The van der Waals surface area contributed by atoms with Gasteiger partial charge in [-0.15, -0.1) is 0 Å². The molecule has 0 aliphatic rings. The zero-order chi connectivity index (χ0) is 17.7. The van der Waals surface area contributed by atoms with Crippen molar-refractivity contribution in [1.29, 1.82) is 0 Å². The number of pyridine rings is 1. The Hall–Kier alpha value is -3.28. The summed E-state index contributed by atoms with van der Waals surface area (Å²) in [6, 6.07) is 8.09. The zero-order valence-electron chi connectivity index (χ0n) is 14.7. The van der Waals surface area contributed by atoms with E-state index in [-0.39, 0.29) is 0 Å². The standard InChI is InChI=1S/C20H18N6/c1-12-10-22-13(2)20-23-14(11-26(12)20)5-8-18-24-17-7-6-16-15(19(17)25-18)4-3-9-21-16/h3-4,6-7,9-11H,5,8H2,1-2H3,(H,24,25). The molecule has 26 heavy (non-hydrogen) atoms. The van der Waals surface area contributed by atoms with Gasteiger partial charge in [0.05, 0.1) is 27.9 Å². The first-order chi connectivity index (χ1) is 12.7. The summed E-state index contributed by atoms with van der Waals surface area (Å²) >= 11 is 0. The monoisotopic (exact) mass is 342 g/mol. The summed E-state index contributed by atoms with van der Waals surface area (Å²) in [5.74, 6) is 0.972. The Bertz CT molecular complexity index is 1220. The lowest BCUT2D eigenvalue weighted by Crippen LogP contribution is -1.94. The number of nitrogens with one attached hydrogen (secondary N) is 1. The van der Waals surface area contributed by atoms with Gasteiger partial charge >= 0.3 is 0 Å². The van der Waals surface area contributed by atoms with Gasteiger partial charge in [0.2, 0.25) is 0 Å². The first-order valence-electron chi connectivity index (χ1n) is 8.71. The molecule has 0 spiro atoms. The number of hydrogen-bond acceptors (Lipinski definition) is 4. The number of H-pyrrole nitrogens is 1. The summed E-state index contributed by atoms with van der Waals surface area (Å²) in [5, 5.41) is 1.08. The molecule has 128 valence electrons. The first-order valence-corrected chi connectivity index (χ1v) is 8.71. The number of imidazole rings is 2. The maximum atomic E-state index is 4.80. The molecule has 4 aromatic heterocycles. The van der Waals surface area contributed by atoms with Crippen molar-refractivity contribution in [2.45, 2.75) is 26.7 Å². The fourth-order valence-corrected chi connectivity index (χ4v) is 3.43. The van der Waals surface area contributed by atoms with Gasteiger partial charge in [-0.25, -0.2) is 9.97 Å². The molecule has 0 aliphatic heterocycles. The molecule has 0 amide bonds. The highest BCUT2D eigenvalue weighted by atomic mass is 15.0. The minimum absolute atomic E-state index is 0.811. The average Bonchev–Trinajstić information content (AvgIpc) is 3.28. The second-order valence-corrected chi connectivity index (χ2v) is 6.63. The highest BCUT2D eigenvalue weighted by Gasteiger charge is 2.10. The van der Waals surface area contributed by atoms with E-state index in [4.69, 9.17) is 9.97 Å². The van der Waals surface area contributed by atoms with Gasteiger partial charge in [-0.3, -0.25) is 9.97 Å². The Kier molecular flexibility index (Phi) is 3.25. The Morgan fingerprint density at radius 2 is 1.96 bits per heavy atom. The van der Waals surface area contributed by atoms with Crippen molar-refractivity contribution in [2.75, 3.05) is 0 Å². The van der Waals surface area contributed by atoms with Gasteiger partial charge in [0.25, 0.3) is 0 Å². The van der Waals surface area contributed by atoms with Gasteiger partial charge in [0.15, 0.2) is 5.65 Å². The van der Waals surface area contributed by atoms with Crippen molar-refractivity contribution in [3.05, 3.63) is 65.8 Å². The molecule has 0 fully saturated rings. The van der Waals surface area contributed by atoms with Gasteiger partial charge in [-0.2, -0.15) is 0 Å². The molecule has 1 aromatic carbocycles. The number of aromatic nitrogens is 6. The van der Waals surface area contributed by atoms with E-state index in [9.17, 15) is 0 Å². The van der Waals surface area contributed by atoms with E-state index in [1.807, 2.05) is 44.4 Å². The molecule has 5 aromatic rings. The molecule has 0 saturated carbocycles. The molecular formula is C20H18N6. The number of aromatic amines is 1. The number of fused-ring (bicyclic) bond motifs is 4. The predicted octanol–water partition coefficient (Wildman–Crippen LogP) is 3.56. The van der Waals surface area contributed by atoms with Crippen LogP contribution < -0.4 is 0 Å². The fraction of sp³-hybridized carbons (Fsp3) is 0.200. The minimum atomic E-state index is 0.811. The highest BCUT2D eigenvalue weighted by molar-refractivity contribution is 6.02. The molecule has 6 nitrogen and oxygen atoms in total. The number of benzene rings is 1. The Balaban J connectivity index is 1.47. The lowest BCUT2D eigenvalue weighted by molar-refractivity contribution is 0.869. The molecule has 4 heterocycles. The van der Waals surface area contributed by atoms with Crippen LogP contribution in [0.5, 0.6) is 0 Å². The van der Waals surface area contributed by atoms with Gasteiger partial charge in [-0.1, -0.05) is 0 Å². The minimum Gasteiger partial charge on any atom is -0.342 e. The predicted molar refractivity (Wildman–Crippen MR) is 101 cm³/mol. The molecule has 5 rings (SSSR count). The van der Waals surface area contributed by atoms with Crippen molar-refractivity contribution in [3.63, 3.8) is 0 Å². The van der Waals surface area contributed by atoms with Crippen molar-refractivity contribution in [2.24, 2.45) is 0 Å². The Morgan fingerprint density at radius 1 is 1.04 bits per heavy atom. The lowest BCUT2D eigenvalue weighted by Gasteiger charge is -1.99. The summed E-state index contributed by atoms with van der Waals surface area (Å²) in [4.78, 5) is 21.8. The molecular weight excluding hydrogens is 324 g/mol. The zero-order valence-corrected chi connectivity index (χ0v) is 14.7. The first kappa shape index (κ1) is 15.0. The van der Waals surface area contributed by atoms with E-state index in [1.54, 1.807) is 0 Å². The van der Waals surface area contributed by atoms with Crippen LogP contribution in [0.2, 0.25) is 0 Å². The van der Waals surface area contributed by atoms with Crippen LogP contribution in [0.4, 0.5) is 0 Å². The topological polar surface area (TPSA) is 71.8 Å². The van der Waals surface area contributed by atoms with Gasteiger partial charge < -0.3 is 9.38 Å². The maximum absolute atomic E-state index is 4.80. The van der Waals surface area contributed by atoms with Crippen LogP contribution >= 0.6 is 0 Å². The van der Waals surface area contributed by atoms with Gasteiger partial charge in [-0.05, 0) is 44.5 Å². The molecule has 1 N–H and O–H groups in total.